The van der Waals surface area contributed by atoms with Crippen molar-refractivity contribution >= 4 is 34.3 Å². The van der Waals surface area contributed by atoms with Crippen LogP contribution in [0.3, 0.4) is 0 Å². The summed E-state index contributed by atoms with van der Waals surface area (Å²) >= 11 is 7.47. The van der Waals surface area contributed by atoms with Gasteiger partial charge in [0.1, 0.15) is 27.9 Å². The maximum Gasteiger partial charge on any atom is 0.136 e. The van der Waals surface area contributed by atoms with Gasteiger partial charge in [-0.25, -0.2) is 19.9 Å². The van der Waals surface area contributed by atoms with E-state index in [2.05, 4.69) is 19.9 Å². The van der Waals surface area contributed by atoms with Crippen LogP contribution in [0.4, 0.5) is 0 Å². The lowest BCUT2D eigenvalue weighted by molar-refractivity contribution is 0.996. The average Bonchev–Trinajstić information content (AvgIpc) is 2.44. The van der Waals surface area contributed by atoms with Gasteiger partial charge in [0, 0.05) is 10.9 Å². The minimum Gasteiger partial charge on any atom is -0.236 e. The van der Waals surface area contributed by atoms with Gasteiger partial charge in [0.15, 0.2) is 0 Å². The largest absolute Gasteiger partial charge is 0.236 e. The van der Waals surface area contributed by atoms with E-state index in [0.717, 1.165) is 26.5 Å². The number of benzene rings is 1. The number of halogens is 1. The van der Waals surface area contributed by atoms with Gasteiger partial charge in [0.25, 0.3) is 0 Å². The Morgan fingerprint density at radius 2 is 1.68 bits per heavy atom. The third-order valence-electron chi connectivity index (χ3n) is 2.68. The molecule has 0 aliphatic carbocycles. The van der Waals surface area contributed by atoms with Crippen molar-refractivity contribution in [3.05, 3.63) is 47.6 Å². The first-order valence-electron chi connectivity index (χ1n) is 5.60. The van der Waals surface area contributed by atoms with Crippen LogP contribution < -0.4 is 0 Å². The molecule has 2 aromatic heterocycles. The zero-order chi connectivity index (χ0) is 13.2. The molecule has 0 aliphatic heterocycles. The Hall–Kier alpha value is -1.72. The predicted molar refractivity (Wildman–Crippen MR) is 75.4 cm³/mol. The Labute approximate surface area is 119 Å². The van der Waals surface area contributed by atoms with Crippen LogP contribution in [0.5, 0.6) is 0 Å². The molecule has 0 radical (unpaired) electrons. The molecular weight excluding hydrogens is 280 g/mol. The Balaban J connectivity index is 2.09. The minimum atomic E-state index is 0.468. The zero-order valence-electron chi connectivity index (χ0n) is 10.0. The summed E-state index contributed by atoms with van der Waals surface area (Å²) in [4.78, 5) is 16.8. The third kappa shape index (κ3) is 2.39. The van der Waals surface area contributed by atoms with Crippen LogP contribution in [0.2, 0.25) is 5.15 Å². The average molecular weight is 289 g/mol. The van der Waals surface area contributed by atoms with Crippen molar-refractivity contribution in [1.29, 1.82) is 0 Å². The second-order valence-electron chi connectivity index (χ2n) is 3.89. The Morgan fingerprint density at radius 1 is 0.947 bits per heavy atom. The predicted octanol–water partition coefficient (Wildman–Crippen LogP) is 3.53. The molecule has 94 valence electrons. The number of hydrogen-bond acceptors (Lipinski definition) is 5. The molecule has 3 aromatic rings. The number of fused-ring (bicyclic) bond motifs is 1. The molecule has 0 unspecified atom stereocenters. The number of nitrogens with zero attached hydrogens (tertiary/aromatic N) is 4. The highest BCUT2D eigenvalue weighted by molar-refractivity contribution is 7.99. The monoisotopic (exact) mass is 288 g/mol. The molecule has 0 amide bonds. The minimum absolute atomic E-state index is 0.468. The van der Waals surface area contributed by atoms with Gasteiger partial charge in [-0.3, -0.25) is 0 Å². The standard InChI is InChI=1S/C13H9ClN4S/c1-8-11(14)16-7-17-12(8)19-13-9-4-2-3-5-10(9)15-6-18-13/h2-7H,1H3. The first kappa shape index (κ1) is 12.3. The van der Waals surface area contributed by atoms with E-state index in [9.17, 15) is 0 Å². The molecule has 0 saturated carbocycles. The molecule has 0 spiro atoms. The molecular formula is C13H9ClN4S. The SMILES string of the molecule is Cc1c(Cl)ncnc1Sc1ncnc2ccccc12. The third-order valence-corrected chi connectivity index (χ3v) is 4.18. The van der Waals surface area contributed by atoms with E-state index in [1.807, 2.05) is 31.2 Å². The van der Waals surface area contributed by atoms with Gasteiger partial charge in [-0.15, -0.1) is 0 Å². The summed E-state index contributed by atoms with van der Waals surface area (Å²) in [6, 6.07) is 7.88. The van der Waals surface area contributed by atoms with E-state index in [0.29, 0.717) is 5.15 Å². The van der Waals surface area contributed by atoms with E-state index in [1.165, 1.54) is 18.1 Å². The van der Waals surface area contributed by atoms with Crippen LogP contribution in [0.1, 0.15) is 5.56 Å². The summed E-state index contributed by atoms with van der Waals surface area (Å²) in [7, 11) is 0. The zero-order valence-corrected chi connectivity index (χ0v) is 11.6. The Morgan fingerprint density at radius 3 is 2.58 bits per heavy atom. The summed E-state index contributed by atoms with van der Waals surface area (Å²) in [5.41, 5.74) is 1.77. The second-order valence-corrected chi connectivity index (χ2v) is 5.23. The lowest BCUT2D eigenvalue weighted by atomic mass is 10.2. The van der Waals surface area contributed by atoms with Crippen molar-refractivity contribution in [2.45, 2.75) is 17.0 Å². The summed E-state index contributed by atoms with van der Waals surface area (Å²) in [5, 5.41) is 3.15. The summed E-state index contributed by atoms with van der Waals surface area (Å²) < 4.78 is 0. The van der Waals surface area contributed by atoms with Crippen LogP contribution in [0.25, 0.3) is 10.9 Å². The number of rotatable bonds is 2. The van der Waals surface area contributed by atoms with Crippen molar-refractivity contribution in [2.24, 2.45) is 0 Å². The molecule has 0 bridgehead atoms. The highest BCUT2D eigenvalue weighted by Gasteiger charge is 2.10. The molecule has 3 rings (SSSR count). The maximum atomic E-state index is 6.00. The quantitative estimate of drug-likeness (QED) is 0.675. The second kappa shape index (κ2) is 5.11. The molecule has 0 aliphatic rings. The van der Waals surface area contributed by atoms with Gasteiger partial charge in [0.05, 0.1) is 5.52 Å². The Kier molecular flexibility index (Phi) is 3.31. The first-order valence-corrected chi connectivity index (χ1v) is 6.80. The topological polar surface area (TPSA) is 51.6 Å². The fraction of sp³-hybridized carbons (Fsp3) is 0.0769. The molecule has 19 heavy (non-hydrogen) atoms. The van der Waals surface area contributed by atoms with E-state index in [4.69, 9.17) is 11.6 Å². The van der Waals surface area contributed by atoms with Crippen molar-refractivity contribution in [2.75, 3.05) is 0 Å². The lowest BCUT2D eigenvalue weighted by Gasteiger charge is -2.06. The van der Waals surface area contributed by atoms with E-state index in [1.54, 1.807) is 6.33 Å². The van der Waals surface area contributed by atoms with Gasteiger partial charge in [-0.05, 0) is 24.8 Å². The fourth-order valence-electron chi connectivity index (χ4n) is 1.67. The number of hydrogen-bond donors (Lipinski definition) is 0. The molecule has 1 aromatic carbocycles. The number of para-hydroxylation sites is 1. The van der Waals surface area contributed by atoms with Gasteiger partial charge in [-0.2, -0.15) is 0 Å². The van der Waals surface area contributed by atoms with Crippen molar-refractivity contribution in [3.63, 3.8) is 0 Å². The summed E-state index contributed by atoms with van der Waals surface area (Å²) in [6.07, 6.45) is 3.02. The highest BCUT2D eigenvalue weighted by atomic mass is 35.5. The maximum absolute atomic E-state index is 6.00. The Bertz CT molecular complexity index is 742. The van der Waals surface area contributed by atoms with Gasteiger partial charge < -0.3 is 0 Å². The molecule has 0 saturated heterocycles. The van der Waals surface area contributed by atoms with Crippen LogP contribution in [-0.4, -0.2) is 19.9 Å². The molecule has 6 heteroatoms. The number of aromatic nitrogens is 4. The molecule has 4 nitrogen and oxygen atoms in total. The van der Waals surface area contributed by atoms with Gasteiger partial charge in [0.2, 0.25) is 0 Å². The molecule has 0 N–H and O–H groups in total. The van der Waals surface area contributed by atoms with E-state index >= 15 is 0 Å². The van der Waals surface area contributed by atoms with Crippen molar-refractivity contribution in [1.82, 2.24) is 19.9 Å². The fourth-order valence-corrected chi connectivity index (χ4v) is 2.77. The molecule has 0 atom stereocenters. The summed E-state index contributed by atoms with van der Waals surface area (Å²) in [6.45, 7) is 1.90. The highest BCUT2D eigenvalue weighted by Crippen LogP contribution is 2.32. The van der Waals surface area contributed by atoms with Gasteiger partial charge in [-0.1, -0.05) is 29.8 Å². The first-order chi connectivity index (χ1) is 9.25. The van der Waals surface area contributed by atoms with Gasteiger partial charge >= 0.3 is 0 Å². The van der Waals surface area contributed by atoms with Crippen molar-refractivity contribution in [3.8, 4) is 0 Å². The lowest BCUT2D eigenvalue weighted by Crippen LogP contribution is -1.92. The summed E-state index contributed by atoms with van der Waals surface area (Å²) in [5.74, 6) is 0. The van der Waals surface area contributed by atoms with Crippen molar-refractivity contribution < 1.29 is 0 Å². The van der Waals surface area contributed by atoms with Crippen LogP contribution in [-0.2, 0) is 0 Å². The molecule has 2 heterocycles. The van der Waals surface area contributed by atoms with E-state index in [-0.39, 0.29) is 0 Å². The van der Waals surface area contributed by atoms with Crippen LogP contribution >= 0.6 is 23.4 Å². The molecule has 0 fully saturated rings. The van der Waals surface area contributed by atoms with Crippen LogP contribution in [0.15, 0.2) is 47.0 Å². The smallest absolute Gasteiger partial charge is 0.136 e. The normalized spacial score (nSPS) is 10.8. The van der Waals surface area contributed by atoms with E-state index < -0.39 is 0 Å². The van der Waals surface area contributed by atoms with Crippen LogP contribution in [0, 0.1) is 6.92 Å².